The molecule has 0 amide bonds. The molecule has 0 aliphatic carbocycles. The van der Waals surface area contributed by atoms with Gasteiger partial charge in [0.2, 0.25) is 0 Å². The maximum atomic E-state index is 5.12. The molecule has 1 aromatic rings. The lowest BCUT2D eigenvalue weighted by atomic mass is 10.2. The van der Waals surface area contributed by atoms with Crippen LogP contribution in [0.5, 0.6) is 0 Å². The molecule has 0 N–H and O–H groups in total. The molecule has 0 heterocycles. The normalized spacial score (nSPS) is 10.0. The van der Waals surface area contributed by atoms with Gasteiger partial charge in [-0.3, -0.25) is 0 Å². The van der Waals surface area contributed by atoms with Crippen molar-refractivity contribution in [2.24, 2.45) is 0 Å². The lowest BCUT2D eigenvalue weighted by molar-refractivity contribution is 0.427. The van der Waals surface area contributed by atoms with Crippen LogP contribution in [0.4, 0.5) is 0 Å². The van der Waals surface area contributed by atoms with E-state index in [-0.39, 0.29) is 0 Å². The Morgan fingerprint density at radius 2 is 2.08 bits per heavy atom. The maximum absolute atomic E-state index is 5.12. The summed E-state index contributed by atoms with van der Waals surface area (Å²) in [5.74, 6) is 5.96. The minimum Gasteiger partial charge on any atom is -0.350 e. The second kappa shape index (κ2) is 6.16. The monoisotopic (exact) mass is 256 g/mol. The fraction of sp³-hybridized carbons (Fsp3) is 0.200. The summed E-state index contributed by atoms with van der Waals surface area (Å²) in [6.07, 6.45) is 0. The Morgan fingerprint density at radius 1 is 1.38 bits per heavy atom. The Morgan fingerprint density at radius 3 is 2.69 bits per heavy atom. The van der Waals surface area contributed by atoms with Gasteiger partial charge in [0.1, 0.15) is 6.61 Å². The van der Waals surface area contributed by atoms with Crippen LogP contribution in [0.15, 0.2) is 28.7 Å². The zero-order chi connectivity index (χ0) is 9.52. The van der Waals surface area contributed by atoms with Gasteiger partial charge in [-0.15, -0.1) is 0 Å². The van der Waals surface area contributed by atoms with Crippen LogP contribution in [-0.2, 0) is 4.52 Å². The summed E-state index contributed by atoms with van der Waals surface area (Å²) in [7, 11) is 0.513. The smallest absolute Gasteiger partial charge is 0.111 e. The number of halogens is 1. The van der Waals surface area contributed by atoms with Crippen molar-refractivity contribution in [1.82, 2.24) is 0 Å². The number of hydrogen-bond donors (Lipinski definition) is 0. The van der Waals surface area contributed by atoms with Crippen molar-refractivity contribution in [2.45, 2.75) is 0 Å². The molecule has 1 atom stereocenters. The summed E-state index contributed by atoms with van der Waals surface area (Å²) in [4.78, 5) is 0. The molecule has 0 aliphatic rings. The van der Waals surface area contributed by atoms with Crippen LogP contribution in [0, 0.1) is 11.8 Å². The number of rotatable bonds is 2. The fourth-order valence-corrected chi connectivity index (χ4v) is 1.26. The molecule has 1 nitrogen and oxygen atoms in total. The quantitative estimate of drug-likeness (QED) is 0.449. The first kappa shape index (κ1) is 10.7. The summed E-state index contributed by atoms with van der Waals surface area (Å²) in [6.45, 7) is 2.51. The summed E-state index contributed by atoms with van der Waals surface area (Å²) < 4.78 is 6.20. The van der Waals surface area contributed by atoms with Crippen LogP contribution in [0.25, 0.3) is 0 Å². The predicted molar refractivity (Wildman–Crippen MR) is 61.2 cm³/mol. The van der Waals surface area contributed by atoms with E-state index in [1.807, 2.05) is 30.9 Å². The molecule has 1 unspecified atom stereocenters. The van der Waals surface area contributed by atoms with Crippen molar-refractivity contribution in [3.8, 4) is 11.8 Å². The minimum absolute atomic E-state index is 0.513. The van der Waals surface area contributed by atoms with Gasteiger partial charge in [-0.05, 0) is 30.9 Å². The highest BCUT2D eigenvalue weighted by atomic mass is 79.9. The lowest BCUT2D eigenvalue weighted by Crippen LogP contribution is -1.78. The highest BCUT2D eigenvalue weighted by Crippen LogP contribution is 2.09. The topological polar surface area (TPSA) is 9.23 Å². The Balaban J connectivity index is 2.52. The summed E-state index contributed by atoms with van der Waals surface area (Å²) in [5.41, 5.74) is 1.02. The largest absolute Gasteiger partial charge is 0.350 e. The van der Waals surface area contributed by atoms with Gasteiger partial charge in [0.25, 0.3) is 0 Å². The van der Waals surface area contributed by atoms with E-state index in [9.17, 15) is 0 Å². The molecule has 0 aromatic heterocycles. The van der Waals surface area contributed by atoms with E-state index in [1.54, 1.807) is 0 Å². The average Bonchev–Trinajstić information content (AvgIpc) is 2.15. The van der Waals surface area contributed by atoms with E-state index >= 15 is 0 Å². The first-order valence-corrected chi connectivity index (χ1v) is 6.06. The molecule has 0 aliphatic heterocycles. The van der Waals surface area contributed by atoms with Gasteiger partial charge in [0.05, 0.1) is 0 Å². The van der Waals surface area contributed by atoms with E-state index < -0.39 is 0 Å². The third-order valence-electron chi connectivity index (χ3n) is 1.37. The van der Waals surface area contributed by atoms with E-state index in [1.165, 1.54) is 0 Å². The second-order valence-corrected chi connectivity index (χ2v) is 3.91. The predicted octanol–water partition coefficient (Wildman–Crippen LogP) is 3.04. The van der Waals surface area contributed by atoms with Crippen LogP contribution in [-0.4, -0.2) is 13.3 Å². The molecule has 13 heavy (non-hydrogen) atoms. The van der Waals surface area contributed by atoms with Crippen molar-refractivity contribution < 1.29 is 4.52 Å². The van der Waals surface area contributed by atoms with Crippen molar-refractivity contribution >= 4 is 24.7 Å². The molecule has 0 saturated heterocycles. The summed E-state index contributed by atoms with van der Waals surface area (Å²) >= 11 is 3.37. The Kier molecular flexibility index (Phi) is 5.08. The van der Waals surface area contributed by atoms with E-state index in [0.717, 1.165) is 10.0 Å². The molecule has 1 aromatic carbocycles. The SMILES string of the molecule is CPOCC#Cc1ccc(Br)cc1. The van der Waals surface area contributed by atoms with Gasteiger partial charge in [-0.2, -0.15) is 0 Å². The Bertz CT molecular complexity index is 310. The molecule has 0 spiro atoms. The second-order valence-electron chi connectivity index (χ2n) is 2.30. The highest BCUT2D eigenvalue weighted by Gasteiger charge is 1.86. The molecular weight excluding hydrogens is 247 g/mol. The van der Waals surface area contributed by atoms with Crippen LogP contribution >= 0.6 is 24.7 Å². The molecule has 0 radical (unpaired) electrons. The zero-order valence-corrected chi connectivity index (χ0v) is 9.89. The van der Waals surface area contributed by atoms with Crippen LogP contribution in [0.3, 0.4) is 0 Å². The van der Waals surface area contributed by atoms with Gasteiger partial charge in [0.15, 0.2) is 0 Å². The highest BCUT2D eigenvalue weighted by molar-refractivity contribution is 9.10. The van der Waals surface area contributed by atoms with Gasteiger partial charge >= 0.3 is 0 Å². The van der Waals surface area contributed by atoms with E-state index in [4.69, 9.17) is 4.52 Å². The molecule has 68 valence electrons. The first-order chi connectivity index (χ1) is 6.33. The van der Waals surface area contributed by atoms with Crippen molar-refractivity contribution in [1.29, 1.82) is 0 Å². The fourth-order valence-electron chi connectivity index (χ4n) is 0.780. The summed E-state index contributed by atoms with van der Waals surface area (Å²) in [6, 6.07) is 7.91. The van der Waals surface area contributed by atoms with Crippen molar-refractivity contribution in [2.75, 3.05) is 13.3 Å². The van der Waals surface area contributed by atoms with Gasteiger partial charge in [-0.25, -0.2) is 0 Å². The van der Waals surface area contributed by atoms with Gasteiger partial charge < -0.3 is 4.52 Å². The van der Waals surface area contributed by atoms with E-state index in [2.05, 4.69) is 27.8 Å². The van der Waals surface area contributed by atoms with Crippen molar-refractivity contribution in [3.63, 3.8) is 0 Å². The van der Waals surface area contributed by atoms with Crippen LogP contribution in [0.2, 0.25) is 0 Å². The standard InChI is InChI=1S/C10H10BrOP/c1-13-12-8-2-3-9-4-6-10(11)7-5-9/h4-7,13H,8H2,1H3. The minimum atomic E-state index is 0.513. The Labute approximate surface area is 88.9 Å². The molecule has 0 saturated carbocycles. The maximum Gasteiger partial charge on any atom is 0.111 e. The summed E-state index contributed by atoms with van der Waals surface area (Å²) in [5, 5.41) is 0. The van der Waals surface area contributed by atoms with Gasteiger partial charge in [-0.1, -0.05) is 27.8 Å². The Hall–Kier alpha value is -0.350. The number of hydrogen-bond acceptors (Lipinski definition) is 1. The van der Waals surface area contributed by atoms with Gasteiger partial charge in [0, 0.05) is 18.8 Å². The van der Waals surface area contributed by atoms with Crippen molar-refractivity contribution in [3.05, 3.63) is 34.3 Å². The molecule has 1 rings (SSSR count). The molecule has 3 heteroatoms. The third-order valence-corrected chi connectivity index (χ3v) is 2.33. The lowest BCUT2D eigenvalue weighted by Gasteiger charge is -1.91. The zero-order valence-electron chi connectivity index (χ0n) is 7.30. The first-order valence-electron chi connectivity index (χ1n) is 3.86. The third kappa shape index (κ3) is 4.43. The molecular formula is C10H10BrOP. The van der Waals surface area contributed by atoms with Crippen LogP contribution in [0.1, 0.15) is 5.56 Å². The van der Waals surface area contributed by atoms with E-state index in [0.29, 0.717) is 15.4 Å². The number of benzene rings is 1. The van der Waals surface area contributed by atoms with Crippen LogP contribution < -0.4 is 0 Å². The molecule has 0 fully saturated rings. The molecule has 0 bridgehead atoms. The average molecular weight is 257 g/mol.